The summed E-state index contributed by atoms with van der Waals surface area (Å²) < 4.78 is 5.33. The van der Waals surface area contributed by atoms with Crippen molar-refractivity contribution in [2.75, 3.05) is 6.61 Å². The van der Waals surface area contributed by atoms with Crippen molar-refractivity contribution in [1.29, 1.82) is 0 Å². The summed E-state index contributed by atoms with van der Waals surface area (Å²) in [6, 6.07) is 3.68. The van der Waals surface area contributed by atoms with Gasteiger partial charge in [-0.1, -0.05) is 19.2 Å². The van der Waals surface area contributed by atoms with Crippen molar-refractivity contribution in [2.24, 2.45) is 0 Å². The first-order valence-corrected chi connectivity index (χ1v) is 3.69. The van der Waals surface area contributed by atoms with Crippen molar-refractivity contribution in [3.63, 3.8) is 0 Å². The van der Waals surface area contributed by atoms with E-state index in [-0.39, 0.29) is 0 Å². The lowest BCUT2D eigenvalue weighted by Gasteiger charge is -2.04. The number of hydrogen-bond donors (Lipinski definition) is 0. The Balaban J connectivity index is 2.81. The van der Waals surface area contributed by atoms with Crippen LogP contribution >= 0.6 is 0 Å². The predicted molar refractivity (Wildman–Crippen MR) is 50.0 cm³/mol. The summed E-state index contributed by atoms with van der Waals surface area (Å²) in [6.07, 6.45) is 5.07. The predicted octanol–water partition coefficient (Wildman–Crippen LogP) is 2.29. The van der Waals surface area contributed by atoms with Crippen LogP contribution in [0.5, 0.6) is 5.75 Å². The van der Waals surface area contributed by atoms with E-state index < -0.39 is 0 Å². The Hall–Kier alpha value is -1.57. The maximum absolute atomic E-state index is 5.33. The second kappa shape index (κ2) is 4.34. The molecule has 0 aliphatic carbocycles. The summed E-state index contributed by atoms with van der Waals surface area (Å²) in [5.74, 6) is 0.743. The van der Waals surface area contributed by atoms with E-state index in [1.54, 1.807) is 18.3 Å². The van der Waals surface area contributed by atoms with Gasteiger partial charge in [0.25, 0.3) is 0 Å². The molecule has 0 aliphatic heterocycles. The summed E-state index contributed by atoms with van der Waals surface area (Å²) in [6.45, 7) is 7.68. The van der Waals surface area contributed by atoms with Crippen molar-refractivity contribution in [1.82, 2.24) is 4.98 Å². The van der Waals surface area contributed by atoms with Crippen LogP contribution in [0.2, 0.25) is 0 Å². The molecule has 12 heavy (non-hydrogen) atoms. The molecule has 1 aromatic rings. The van der Waals surface area contributed by atoms with E-state index in [0.717, 1.165) is 11.4 Å². The van der Waals surface area contributed by atoms with Crippen LogP contribution in [0.4, 0.5) is 0 Å². The lowest BCUT2D eigenvalue weighted by atomic mass is 10.3. The van der Waals surface area contributed by atoms with E-state index in [9.17, 15) is 0 Å². The van der Waals surface area contributed by atoms with E-state index in [1.165, 1.54) is 0 Å². The fourth-order valence-electron chi connectivity index (χ4n) is 0.827. The topological polar surface area (TPSA) is 22.1 Å². The molecule has 0 fully saturated rings. The monoisotopic (exact) mass is 161 g/mol. The molecule has 1 heterocycles. The first-order chi connectivity index (χ1) is 5.88. The molecule has 2 nitrogen and oxygen atoms in total. The second-order valence-electron chi connectivity index (χ2n) is 2.19. The molecule has 0 N–H and O–H groups in total. The zero-order chi connectivity index (χ0) is 8.81. The highest BCUT2D eigenvalue weighted by Crippen LogP contribution is 2.15. The molecule has 62 valence electrons. The van der Waals surface area contributed by atoms with Gasteiger partial charge in [-0.15, -0.1) is 0 Å². The van der Waals surface area contributed by atoms with Gasteiger partial charge in [0, 0.05) is 6.20 Å². The van der Waals surface area contributed by atoms with Gasteiger partial charge in [0.2, 0.25) is 0 Å². The van der Waals surface area contributed by atoms with Gasteiger partial charge < -0.3 is 4.74 Å². The van der Waals surface area contributed by atoms with Gasteiger partial charge >= 0.3 is 0 Å². The summed E-state index contributed by atoms with van der Waals surface area (Å²) in [7, 11) is 0. The van der Waals surface area contributed by atoms with E-state index in [1.807, 2.05) is 12.1 Å². The molecule has 1 rings (SSSR count). The number of hydrogen-bond acceptors (Lipinski definition) is 2. The molecule has 2 heteroatoms. The van der Waals surface area contributed by atoms with Crippen LogP contribution in [0.1, 0.15) is 5.69 Å². The number of ether oxygens (including phenoxy) is 1. The molecule has 0 radical (unpaired) electrons. The van der Waals surface area contributed by atoms with Gasteiger partial charge in [0.1, 0.15) is 18.1 Å². The van der Waals surface area contributed by atoms with E-state index in [0.29, 0.717) is 6.61 Å². The van der Waals surface area contributed by atoms with Crippen LogP contribution in [0.25, 0.3) is 6.08 Å². The maximum atomic E-state index is 5.33. The third-order valence-electron chi connectivity index (χ3n) is 1.35. The van der Waals surface area contributed by atoms with Gasteiger partial charge in [0.05, 0.1) is 0 Å². The van der Waals surface area contributed by atoms with E-state index in [4.69, 9.17) is 4.74 Å². The Morgan fingerprint density at radius 1 is 1.50 bits per heavy atom. The average molecular weight is 161 g/mol. The molecule has 0 saturated heterocycles. The number of rotatable bonds is 4. The van der Waals surface area contributed by atoms with Crippen molar-refractivity contribution in [2.45, 2.75) is 0 Å². The first-order valence-electron chi connectivity index (χ1n) is 3.69. The van der Waals surface area contributed by atoms with Crippen molar-refractivity contribution in [3.8, 4) is 5.75 Å². The minimum absolute atomic E-state index is 0.493. The molecule has 0 aromatic carbocycles. The van der Waals surface area contributed by atoms with Gasteiger partial charge in [-0.25, -0.2) is 0 Å². The molecule has 0 amide bonds. The average Bonchev–Trinajstić information content (AvgIpc) is 2.15. The number of nitrogens with zero attached hydrogens (tertiary/aromatic N) is 1. The lowest BCUT2D eigenvalue weighted by Crippen LogP contribution is -1.95. The highest BCUT2D eigenvalue weighted by atomic mass is 16.5. The van der Waals surface area contributed by atoms with Crippen LogP contribution in [-0.4, -0.2) is 11.6 Å². The molecule has 0 spiro atoms. The summed E-state index contributed by atoms with van der Waals surface area (Å²) in [5, 5.41) is 0. The molecule has 0 bridgehead atoms. The Labute approximate surface area is 72.2 Å². The SMILES string of the molecule is C=CCOc1cccnc1C=C. The quantitative estimate of drug-likeness (QED) is 0.632. The number of pyridine rings is 1. The molecular formula is C10H11NO. The maximum Gasteiger partial charge on any atom is 0.145 e. The second-order valence-corrected chi connectivity index (χ2v) is 2.19. The third-order valence-corrected chi connectivity index (χ3v) is 1.35. The third kappa shape index (κ3) is 1.95. The van der Waals surface area contributed by atoms with Crippen molar-refractivity contribution >= 4 is 6.08 Å². The van der Waals surface area contributed by atoms with E-state index >= 15 is 0 Å². The van der Waals surface area contributed by atoms with Crippen molar-refractivity contribution in [3.05, 3.63) is 43.3 Å². The minimum atomic E-state index is 0.493. The Morgan fingerprint density at radius 2 is 2.33 bits per heavy atom. The van der Waals surface area contributed by atoms with Crippen molar-refractivity contribution < 1.29 is 4.74 Å². The molecular weight excluding hydrogens is 150 g/mol. The van der Waals surface area contributed by atoms with Gasteiger partial charge in [-0.2, -0.15) is 0 Å². The highest BCUT2D eigenvalue weighted by Gasteiger charge is 1.97. The zero-order valence-electron chi connectivity index (χ0n) is 6.86. The smallest absolute Gasteiger partial charge is 0.145 e. The molecule has 0 unspecified atom stereocenters. The fourth-order valence-corrected chi connectivity index (χ4v) is 0.827. The molecule has 0 saturated carbocycles. The van der Waals surface area contributed by atoms with E-state index in [2.05, 4.69) is 18.1 Å². The highest BCUT2D eigenvalue weighted by molar-refractivity contribution is 5.50. The van der Waals surface area contributed by atoms with Gasteiger partial charge in [0.15, 0.2) is 0 Å². The largest absolute Gasteiger partial charge is 0.487 e. The molecule has 0 atom stereocenters. The first kappa shape index (κ1) is 8.53. The number of aromatic nitrogens is 1. The fraction of sp³-hybridized carbons (Fsp3) is 0.100. The normalized spacial score (nSPS) is 9.00. The van der Waals surface area contributed by atoms with Crippen LogP contribution < -0.4 is 4.74 Å². The zero-order valence-corrected chi connectivity index (χ0v) is 6.86. The Kier molecular flexibility index (Phi) is 3.08. The van der Waals surface area contributed by atoms with Gasteiger partial charge in [-0.3, -0.25) is 4.98 Å². The van der Waals surface area contributed by atoms with Gasteiger partial charge in [-0.05, 0) is 18.2 Å². The van der Waals surface area contributed by atoms with Crippen LogP contribution in [0.3, 0.4) is 0 Å². The lowest BCUT2D eigenvalue weighted by molar-refractivity contribution is 0.361. The summed E-state index contributed by atoms with van der Waals surface area (Å²) in [4.78, 5) is 4.07. The van der Waals surface area contributed by atoms with Crippen LogP contribution in [0, 0.1) is 0 Å². The molecule has 0 aliphatic rings. The molecule has 1 aromatic heterocycles. The minimum Gasteiger partial charge on any atom is -0.487 e. The Bertz CT molecular complexity index is 281. The van der Waals surface area contributed by atoms with Crippen LogP contribution in [0.15, 0.2) is 37.6 Å². The Morgan fingerprint density at radius 3 is 3.00 bits per heavy atom. The summed E-state index contributed by atoms with van der Waals surface area (Å²) in [5.41, 5.74) is 0.763. The summed E-state index contributed by atoms with van der Waals surface area (Å²) >= 11 is 0. The van der Waals surface area contributed by atoms with Crippen LogP contribution in [-0.2, 0) is 0 Å². The standard InChI is InChI=1S/C10H11NO/c1-3-8-12-10-6-5-7-11-9(10)4-2/h3-7H,1-2,8H2.